The number of aliphatic hydroxyl groups excluding tert-OH is 1. The molecule has 2 heterocycles. The Balaban J connectivity index is 1.49. The van der Waals surface area contributed by atoms with Gasteiger partial charge in [-0.15, -0.1) is 11.3 Å². The van der Waals surface area contributed by atoms with Gasteiger partial charge in [0.2, 0.25) is 0 Å². The number of nitrogens with zero attached hydrogens (tertiary/aromatic N) is 2. The second-order valence-electron chi connectivity index (χ2n) is 6.53. The molecule has 2 atom stereocenters. The lowest BCUT2D eigenvalue weighted by Crippen LogP contribution is -2.50. The van der Waals surface area contributed by atoms with Crippen LogP contribution in [0.4, 0.5) is 5.13 Å². The molecule has 5 heteroatoms. The molecule has 2 N–H and O–H groups in total. The highest BCUT2D eigenvalue weighted by atomic mass is 32.1. The zero-order valence-corrected chi connectivity index (χ0v) is 13.7. The van der Waals surface area contributed by atoms with Gasteiger partial charge in [-0.25, -0.2) is 4.98 Å². The molecule has 3 rings (SSSR count). The van der Waals surface area contributed by atoms with Crippen molar-refractivity contribution < 1.29 is 5.11 Å². The van der Waals surface area contributed by atoms with Crippen LogP contribution in [0, 0.1) is 12.8 Å². The highest BCUT2D eigenvalue weighted by Crippen LogP contribution is 2.27. The van der Waals surface area contributed by atoms with Gasteiger partial charge >= 0.3 is 0 Å². The van der Waals surface area contributed by atoms with Crippen molar-refractivity contribution in [3.63, 3.8) is 0 Å². The van der Waals surface area contributed by atoms with E-state index >= 15 is 0 Å². The van der Waals surface area contributed by atoms with Crippen molar-refractivity contribution in [2.24, 2.45) is 5.92 Å². The number of hydrogen-bond donors (Lipinski definition) is 2. The summed E-state index contributed by atoms with van der Waals surface area (Å²) in [7, 11) is 0. The topological polar surface area (TPSA) is 48.4 Å². The summed E-state index contributed by atoms with van der Waals surface area (Å²) in [6, 6.07) is 1.14. The Bertz CT molecular complexity index is 442. The van der Waals surface area contributed by atoms with Gasteiger partial charge < -0.3 is 15.3 Å². The summed E-state index contributed by atoms with van der Waals surface area (Å²) in [4.78, 5) is 7.01. The Labute approximate surface area is 131 Å². The zero-order valence-electron chi connectivity index (χ0n) is 12.9. The molecule has 1 aliphatic heterocycles. The van der Waals surface area contributed by atoms with Crippen LogP contribution in [0.2, 0.25) is 0 Å². The molecule has 0 radical (unpaired) electrons. The number of aryl methyl sites for hydroxylation is 1. The summed E-state index contributed by atoms with van der Waals surface area (Å²) in [6.07, 6.45) is 7.39. The fourth-order valence-electron chi connectivity index (χ4n) is 3.67. The van der Waals surface area contributed by atoms with Crippen molar-refractivity contribution in [2.45, 2.75) is 57.5 Å². The molecular formula is C16H27N3OS. The highest BCUT2D eigenvalue weighted by Gasteiger charge is 2.28. The lowest BCUT2D eigenvalue weighted by Gasteiger charge is -2.38. The van der Waals surface area contributed by atoms with Crippen LogP contribution in [-0.4, -0.2) is 41.9 Å². The van der Waals surface area contributed by atoms with Crippen LogP contribution in [0.15, 0.2) is 5.38 Å². The van der Waals surface area contributed by atoms with Crippen LogP contribution >= 0.6 is 11.3 Å². The van der Waals surface area contributed by atoms with Crippen LogP contribution in [0.3, 0.4) is 0 Å². The third-order valence-corrected chi connectivity index (χ3v) is 5.98. The van der Waals surface area contributed by atoms with Gasteiger partial charge in [-0.2, -0.15) is 0 Å². The van der Waals surface area contributed by atoms with E-state index in [9.17, 15) is 5.11 Å². The van der Waals surface area contributed by atoms with Crippen molar-refractivity contribution in [1.82, 2.24) is 10.3 Å². The van der Waals surface area contributed by atoms with E-state index < -0.39 is 0 Å². The van der Waals surface area contributed by atoms with Crippen molar-refractivity contribution in [3.05, 3.63) is 11.1 Å². The molecule has 0 spiro atoms. The van der Waals surface area contributed by atoms with E-state index in [2.05, 4.69) is 27.5 Å². The van der Waals surface area contributed by atoms with E-state index in [1.165, 1.54) is 43.7 Å². The molecule has 118 valence electrons. The number of anilines is 1. The molecule has 2 fully saturated rings. The number of nitrogens with one attached hydrogen (secondary N) is 1. The Morgan fingerprint density at radius 2 is 2.05 bits per heavy atom. The maximum atomic E-state index is 9.53. The van der Waals surface area contributed by atoms with Crippen LogP contribution in [-0.2, 0) is 0 Å². The van der Waals surface area contributed by atoms with Gasteiger partial charge in [0.25, 0.3) is 0 Å². The second kappa shape index (κ2) is 7.07. The Morgan fingerprint density at radius 3 is 2.71 bits per heavy atom. The first-order valence-corrected chi connectivity index (χ1v) is 9.18. The monoisotopic (exact) mass is 309 g/mol. The standard InChI is InChI=1S/C16H27N3OS/c1-12-11-21-16(17-12)19-8-6-14(7-9-19)18-15-5-3-2-4-13(15)10-20/h11,13-15,18,20H,2-10H2,1H3. The third-order valence-electron chi connectivity index (χ3n) is 4.97. The van der Waals surface area contributed by atoms with Gasteiger partial charge in [-0.05, 0) is 38.5 Å². The van der Waals surface area contributed by atoms with Crippen LogP contribution in [0.1, 0.15) is 44.2 Å². The number of thiazole rings is 1. The first-order chi connectivity index (χ1) is 10.3. The van der Waals surface area contributed by atoms with Crippen LogP contribution in [0.25, 0.3) is 0 Å². The molecule has 0 aromatic carbocycles. The number of aliphatic hydroxyl groups is 1. The zero-order chi connectivity index (χ0) is 14.7. The number of aromatic nitrogens is 1. The van der Waals surface area contributed by atoms with Crippen LogP contribution in [0.5, 0.6) is 0 Å². The summed E-state index contributed by atoms with van der Waals surface area (Å²) < 4.78 is 0. The van der Waals surface area contributed by atoms with E-state index in [1.807, 2.05) is 0 Å². The normalized spacial score (nSPS) is 28.0. The summed E-state index contributed by atoms with van der Waals surface area (Å²) >= 11 is 1.76. The predicted molar refractivity (Wildman–Crippen MR) is 88.1 cm³/mol. The molecule has 2 unspecified atom stereocenters. The van der Waals surface area contributed by atoms with E-state index in [1.54, 1.807) is 11.3 Å². The van der Waals surface area contributed by atoms with Gasteiger partial charge in [0, 0.05) is 37.2 Å². The lowest BCUT2D eigenvalue weighted by atomic mass is 9.84. The van der Waals surface area contributed by atoms with Gasteiger partial charge in [0.05, 0.1) is 5.69 Å². The summed E-state index contributed by atoms with van der Waals surface area (Å²) in [5, 5.41) is 16.7. The third kappa shape index (κ3) is 3.76. The van der Waals surface area contributed by atoms with E-state index in [0.717, 1.165) is 18.8 Å². The molecule has 4 nitrogen and oxygen atoms in total. The van der Waals surface area contributed by atoms with E-state index in [0.29, 0.717) is 24.6 Å². The smallest absolute Gasteiger partial charge is 0.185 e. The lowest BCUT2D eigenvalue weighted by molar-refractivity contribution is 0.142. The fourth-order valence-corrected chi connectivity index (χ4v) is 4.53. The highest BCUT2D eigenvalue weighted by molar-refractivity contribution is 7.13. The number of hydrogen-bond acceptors (Lipinski definition) is 5. The Kier molecular flexibility index (Phi) is 5.14. The Morgan fingerprint density at radius 1 is 1.29 bits per heavy atom. The molecule has 0 bridgehead atoms. The molecule has 21 heavy (non-hydrogen) atoms. The average Bonchev–Trinajstić information content (AvgIpc) is 2.95. The molecule has 1 aromatic rings. The van der Waals surface area contributed by atoms with Crippen molar-refractivity contribution in [3.8, 4) is 0 Å². The quantitative estimate of drug-likeness (QED) is 0.897. The minimum absolute atomic E-state index is 0.342. The van der Waals surface area contributed by atoms with Gasteiger partial charge in [0.1, 0.15) is 0 Å². The van der Waals surface area contributed by atoms with Crippen molar-refractivity contribution >= 4 is 16.5 Å². The molecule has 1 aliphatic carbocycles. The predicted octanol–water partition coefficient (Wildman–Crippen LogP) is 2.56. The summed E-state index contributed by atoms with van der Waals surface area (Å²) in [5.41, 5.74) is 1.13. The molecule has 0 amide bonds. The summed E-state index contributed by atoms with van der Waals surface area (Å²) in [6.45, 7) is 4.60. The SMILES string of the molecule is Cc1csc(N2CCC(NC3CCCCC3CO)CC2)n1. The molecule has 1 aromatic heterocycles. The maximum Gasteiger partial charge on any atom is 0.185 e. The van der Waals surface area contributed by atoms with E-state index in [-0.39, 0.29) is 0 Å². The van der Waals surface area contributed by atoms with Gasteiger partial charge in [-0.1, -0.05) is 12.8 Å². The molecule has 2 aliphatic rings. The largest absolute Gasteiger partial charge is 0.396 e. The maximum absolute atomic E-state index is 9.53. The number of piperidine rings is 1. The first kappa shape index (κ1) is 15.3. The minimum Gasteiger partial charge on any atom is -0.396 e. The van der Waals surface area contributed by atoms with Crippen molar-refractivity contribution in [1.29, 1.82) is 0 Å². The number of rotatable bonds is 4. The molecule has 1 saturated carbocycles. The second-order valence-corrected chi connectivity index (χ2v) is 7.37. The minimum atomic E-state index is 0.342. The van der Waals surface area contributed by atoms with Gasteiger partial charge in [0.15, 0.2) is 5.13 Å². The Hall–Kier alpha value is -0.650. The van der Waals surface area contributed by atoms with E-state index in [4.69, 9.17) is 0 Å². The van der Waals surface area contributed by atoms with Crippen LogP contribution < -0.4 is 10.2 Å². The van der Waals surface area contributed by atoms with Crippen molar-refractivity contribution in [2.75, 3.05) is 24.6 Å². The summed E-state index contributed by atoms with van der Waals surface area (Å²) in [5.74, 6) is 0.471. The molecule has 1 saturated heterocycles. The fraction of sp³-hybridized carbons (Fsp3) is 0.812. The molecular weight excluding hydrogens is 282 g/mol. The average molecular weight is 309 g/mol. The van der Waals surface area contributed by atoms with Gasteiger partial charge in [-0.3, -0.25) is 0 Å². The first-order valence-electron chi connectivity index (χ1n) is 8.30.